The zero-order valence-corrected chi connectivity index (χ0v) is 11.2. The van der Waals surface area contributed by atoms with Gasteiger partial charge < -0.3 is 10.2 Å². The van der Waals surface area contributed by atoms with E-state index >= 15 is 0 Å². The van der Waals surface area contributed by atoms with Gasteiger partial charge in [0.05, 0.1) is 0 Å². The number of hydrogen-bond donors (Lipinski definition) is 1. The van der Waals surface area contributed by atoms with Crippen molar-refractivity contribution in [3.05, 3.63) is 34.9 Å². The van der Waals surface area contributed by atoms with Crippen molar-refractivity contribution in [2.75, 3.05) is 19.6 Å². The van der Waals surface area contributed by atoms with Gasteiger partial charge in [0, 0.05) is 24.2 Å². The Balaban J connectivity index is 1.79. The Bertz CT molecular complexity index is 337. The van der Waals surface area contributed by atoms with Gasteiger partial charge in [-0.25, -0.2) is 0 Å². The number of likely N-dealkylation sites (N-methyl/N-ethyl adjacent to an activating group) is 1. The van der Waals surface area contributed by atoms with Crippen molar-refractivity contribution < 1.29 is 0 Å². The smallest absolute Gasteiger partial charge is 0.0406 e. The maximum atomic E-state index is 5.87. The Kier molecular flexibility index (Phi) is 4.84. The number of nitrogens with zero attached hydrogens (tertiary/aromatic N) is 1. The van der Waals surface area contributed by atoms with E-state index in [1.807, 2.05) is 12.1 Å². The van der Waals surface area contributed by atoms with Crippen LogP contribution in [0.2, 0.25) is 5.02 Å². The van der Waals surface area contributed by atoms with Crippen molar-refractivity contribution in [1.29, 1.82) is 0 Å². The molecule has 1 fully saturated rings. The van der Waals surface area contributed by atoms with Crippen LogP contribution in [-0.4, -0.2) is 30.6 Å². The second-order valence-electron chi connectivity index (χ2n) is 4.74. The van der Waals surface area contributed by atoms with Crippen molar-refractivity contribution in [3.63, 3.8) is 0 Å². The number of piperidine rings is 1. The predicted molar refractivity (Wildman–Crippen MR) is 73.4 cm³/mol. The molecule has 94 valence electrons. The van der Waals surface area contributed by atoms with Crippen LogP contribution in [0.3, 0.4) is 0 Å². The lowest BCUT2D eigenvalue weighted by atomic mass is 10.1. The predicted octanol–water partition coefficient (Wildman–Crippen LogP) is 2.91. The molecule has 1 heterocycles. The largest absolute Gasteiger partial charge is 0.309 e. The molecule has 0 amide bonds. The molecule has 0 spiro atoms. The summed E-state index contributed by atoms with van der Waals surface area (Å²) in [5.74, 6) is 0. The van der Waals surface area contributed by atoms with Crippen molar-refractivity contribution >= 4 is 11.6 Å². The van der Waals surface area contributed by atoms with Crippen LogP contribution < -0.4 is 5.32 Å². The molecule has 1 aliphatic rings. The Morgan fingerprint density at radius 1 is 1.35 bits per heavy atom. The fourth-order valence-corrected chi connectivity index (χ4v) is 2.50. The van der Waals surface area contributed by atoms with E-state index in [0.29, 0.717) is 6.04 Å². The van der Waals surface area contributed by atoms with E-state index < -0.39 is 0 Å². The van der Waals surface area contributed by atoms with Crippen LogP contribution in [0.15, 0.2) is 24.3 Å². The van der Waals surface area contributed by atoms with E-state index in [1.165, 1.54) is 38.0 Å². The van der Waals surface area contributed by atoms with Crippen molar-refractivity contribution in [1.82, 2.24) is 10.2 Å². The van der Waals surface area contributed by atoms with Crippen LogP contribution in [0.4, 0.5) is 0 Å². The third-order valence-electron chi connectivity index (χ3n) is 3.46. The molecule has 1 aromatic carbocycles. The van der Waals surface area contributed by atoms with Gasteiger partial charge in [0.1, 0.15) is 0 Å². The van der Waals surface area contributed by atoms with Gasteiger partial charge in [0.25, 0.3) is 0 Å². The van der Waals surface area contributed by atoms with Gasteiger partial charge in [0.2, 0.25) is 0 Å². The van der Waals surface area contributed by atoms with Gasteiger partial charge >= 0.3 is 0 Å². The molecule has 2 nitrogen and oxygen atoms in total. The maximum Gasteiger partial charge on any atom is 0.0406 e. The molecule has 17 heavy (non-hydrogen) atoms. The number of nitrogens with one attached hydrogen (secondary N) is 1. The maximum absolute atomic E-state index is 5.87. The Morgan fingerprint density at radius 3 is 2.82 bits per heavy atom. The molecule has 1 aromatic rings. The first-order valence-corrected chi connectivity index (χ1v) is 6.86. The molecule has 1 saturated heterocycles. The zero-order chi connectivity index (χ0) is 12.1. The van der Waals surface area contributed by atoms with Gasteiger partial charge in [-0.2, -0.15) is 0 Å². The molecular weight excluding hydrogens is 232 g/mol. The lowest BCUT2D eigenvalue weighted by Gasteiger charge is -2.32. The monoisotopic (exact) mass is 252 g/mol. The molecule has 1 N–H and O–H groups in total. The molecule has 0 radical (unpaired) electrons. The SMILES string of the molecule is CCN1CCCC(NCc2ccc(Cl)cc2)C1. The molecular formula is C14H21ClN2. The normalized spacial score (nSPS) is 21.6. The van der Waals surface area contributed by atoms with Gasteiger partial charge in [-0.05, 0) is 43.6 Å². The second-order valence-corrected chi connectivity index (χ2v) is 5.18. The summed E-state index contributed by atoms with van der Waals surface area (Å²) < 4.78 is 0. The van der Waals surface area contributed by atoms with E-state index in [2.05, 4.69) is 29.3 Å². The van der Waals surface area contributed by atoms with E-state index in [4.69, 9.17) is 11.6 Å². The van der Waals surface area contributed by atoms with Crippen LogP contribution in [0.5, 0.6) is 0 Å². The fourth-order valence-electron chi connectivity index (χ4n) is 2.37. The minimum absolute atomic E-state index is 0.638. The highest BCUT2D eigenvalue weighted by molar-refractivity contribution is 6.30. The van der Waals surface area contributed by atoms with E-state index in [9.17, 15) is 0 Å². The van der Waals surface area contributed by atoms with E-state index in [0.717, 1.165) is 11.6 Å². The summed E-state index contributed by atoms with van der Waals surface area (Å²) in [7, 11) is 0. The van der Waals surface area contributed by atoms with Crippen LogP contribution in [0, 0.1) is 0 Å². The molecule has 0 aliphatic carbocycles. The van der Waals surface area contributed by atoms with Crippen molar-refractivity contribution in [2.24, 2.45) is 0 Å². The van der Waals surface area contributed by atoms with Gasteiger partial charge in [-0.15, -0.1) is 0 Å². The van der Waals surface area contributed by atoms with Crippen LogP contribution in [0.25, 0.3) is 0 Å². The summed E-state index contributed by atoms with van der Waals surface area (Å²) >= 11 is 5.87. The van der Waals surface area contributed by atoms with Gasteiger partial charge in [-0.3, -0.25) is 0 Å². The first-order valence-electron chi connectivity index (χ1n) is 6.48. The Morgan fingerprint density at radius 2 is 2.12 bits per heavy atom. The average molecular weight is 253 g/mol. The summed E-state index contributed by atoms with van der Waals surface area (Å²) in [6, 6.07) is 8.74. The number of likely N-dealkylation sites (tertiary alicyclic amines) is 1. The average Bonchev–Trinajstić information content (AvgIpc) is 2.38. The minimum Gasteiger partial charge on any atom is -0.309 e. The molecule has 1 atom stereocenters. The van der Waals surface area contributed by atoms with Crippen molar-refractivity contribution in [3.8, 4) is 0 Å². The van der Waals surface area contributed by atoms with E-state index in [-0.39, 0.29) is 0 Å². The number of halogens is 1. The molecule has 1 unspecified atom stereocenters. The fraction of sp³-hybridized carbons (Fsp3) is 0.571. The first-order chi connectivity index (χ1) is 8.28. The molecule has 1 aliphatic heterocycles. The lowest BCUT2D eigenvalue weighted by Crippen LogP contribution is -2.45. The Hall–Kier alpha value is -0.570. The number of hydrogen-bond acceptors (Lipinski definition) is 2. The topological polar surface area (TPSA) is 15.3 Å². The Labute approximate surface area is 109 Å². The highest BCUT2D eigenvalue weighted by Gasteiger charge is 2.17. The third kappa shape index (κ3) is 3.98. The molecule has 0 aromatic heterocycles. The van der Waals surface area contributed by atoms with Gasteiger partial charge in [-0.1, -0.05) is 30.7 Å². The summed E-state index contributed by atoms with van der Waals surface area (Å²) in [4.78, 5) is 2.52. The summed E-state index contributed by atoms with van der Waals surface area (Å²) in [6.45, 7) is 6.79. The van der Waals surface area contributed by atoms with Crippen molar-refractivity contribution in [2.45, 2.75) is 32.4 Å². The lowest BCUT2D eigenvalue weighted by molar-refractivity contribution is 0.198. The van der Waals surface area contributed by atoms with E-state index in [1.54, 1.807) is 0 Å². The highest BCUT2D eigenvalue weighted by Crippen LogP contribution is 2.12. The molecule has 3 heteroatoms. The summed E-state index contributed by atoms with van der Waals surface area (Å²) in [5, 5.41) is 4.45. The molecule has 0 saturated carbocycles. The summed E-state index contributed by atoms with van der Waals surface area (Å²) in [5.41, 5.74) is 1.31. The third-order valence-corrected chi connectivity index (χ3v) is 3.71. The minimum atomic E-state index is 0.638. The summed E-state index contributed by atoms with van der Waals surface area (Å²) in [6.07, 6.45) is 2.61. The molecule has 2 rings (SSSR count). The number of rotatable bonds is 4. The standard InChI is InChI=1S/C14H21ClN2/c1-2-17-9-3-4-14(11-17)16-10-12-5-7-13(15)8-6-12/h5-8,14,16H,2-4,9-11H2,1H3. The number of benzene rings is 1. The highest BCUT2D eigenvalue weighted by atomic mass is 35.5. The van der Waals surface area contributed by atoms with Gasteiger partial charge in [0.15, 0.2) is 0 Å². The molecule has 0 bridgehead atoms. The van der Waals surface area contributed by atoms with Crippen LogP contribution in [0.1, 0.15) is 25.3 Å². The van der Waals surface area contributed by atoms with Crippen LogP contribution >= 0.6 is 11.6 Å². The van der Waals surface area contributed by atoms with Crippen LogP contribution in [-0.2, 0) is 6.54 Å². The quantitative estimate of drug-likeness (QED) is 0.887. The zero-order valence-electron chi connectivity index (χ0n) is 10.5. The first kappa shape index (κ1) is 12.9. The second kappa shape index (κ2) is 6.39.